The molecular formula is C23H22N6S. The molecule has 2 aliphatic heterocycles. The van der Waals surface area contributed by atoms with Crippen LogP contribution in [0.15, 0.2) is 60.4 Å². The first-order valence-electron chi connectivity index (χ1n) is 10.4. The maximum absolute atomic E-state index is 4.84. The van der Waals surface area contributed by atoms with Crippen LogP contribution >= 0.6 is 11.3 Å². The third kappa shape index (κ3) is 3.10. The van der Waals surface area contributed by atoms with Crippen molar-refractivity contribution in [2.75, 3.05) is 36.0 Å². The van der Waals surface area contributed by atoms with Crippen molar-refractivity contribution in [1.82, 2.24) is 19.9 Å². The Morgan fingerprint density at radius 1 is 0.833 bits per heavy atom. The highest BCUT2D eigenvalue weighted by atomic mass is 32.1. The molecule has 4 aromatic rings. The van der Waals surface area contributed by atoms with Crippen LogP contribution in [0.3, 0.4) is 0 Å². The Morgan fingerprint density at radius 3 is 2.60 bits per heavy atom. The predicted molar refractivity (Wildman–Crippen MR) is 120 cm³/mol. The van der Waals surface area contributed by atoms with Crippen molar-refractivity contribution in [2.45, 2.75) is 18.3 Å². The summed E-state index contributed by atoms with van der Waals surface area (Å²) in [4.78, 5) is 23.6. The minimum Gasteiger partial charge on any atom is -0.355 e. The van der Waals surface area contributed by atoms with Crippen LogP contribution in [0.2, 0.25) is 0 Å². The molecule has 0 amide bonds. The number of anilines is 2. The van der Waals surface area contributed by atoms with Crippen molar-refractivity contribution in [2.24, 2.45) is 0 Å². The molecule has 1 atom stereocenters. The molecule has 0 radical (unpaired) electrons. The van der Waals surface area contributed by atoms with Crippen LogP contribution in [-0.2, 0) is 0 Å². The largest absolute Gasteiger partial charge is 0.355 e. The summed E-state index contributed by atoms with van der Waals surface area (Å²) in [5, 5.41) is 4.48. The van der Waals surface area contributed by atoms with Gasteiger partial charge in [-0.15, -0.1) is 11.3 Å². The van der Waals surface area contributed by atoms with E-state index in [2.05, 4.69) is 50.5 Å². The molecule has 0 N–H and O–H groups in total. The summed E-state index contributed by atoms with van der Waals surface area (Å²) >= 11 is 1.75. The van der Waals surface area contributed by atoms with E-state index in [9.17, 15) is 0 Å². The molecule has 7 heteroatoms. The lowest BCUT2D eigenvalue weighted by atomic mass is 9.95. The fraction of sp³-hybridized carbons (Fsp3) is 0.304. The fourth-order valence-corrected chi connectivity index (χ4v) is 5.30. The second-order valence-electron chi connectivity index (χ2n) is 8.03. The van der Waals surface area contributed by atoms with Gasteiger partial charge in [-0.25, -0.2) is 15.0 Å². The van der Waals surface area contributed by atoms with Gasteiger partial charge in [-0.05, 0) is 24.6 Å². The van der Waals surface area contributed by atoms with Gasteiger partial charge < -0.3 is 9.80 Å². The number of aromatic nitrogens is 4. The standard InChI is InChI=1S/C23H22N6S/c1-2-4-19-16(3-1)5-6-20(27-19)29-14-18(15-29)21-22(25-9-8-24-21)28-11-7-17(13-28)23-26-10-12-30-23/h1-6,8-10,12,17-18H,7,11,13-15H2/t17-/m0/s1. The van der Waals surface area contributed by atoms with Crippen LogP contribution in [0, 0.1) is 0 Å². The Kier molecular flexibility index (Phi) is 4.34. The van der Waals surface area contributed by atoms with Gasteiger partial charge in [-0.1, -0.05) is 18.2 Å². The molecule has 2 aliphatic rings. The average Bonchev–Trinajstić information content (AvgIpc) is 3.45. The van der Waals surface area contributed by atoms with E-state index in [1.165, 1.54) is 10.4 Å². The molecular weight excluding hydrogens is 392 g/mol. The van der Waals surface area contributed by atoms with Crippen LogP contribution in [0.4, 0.5) is 11.6 Å². The van der Waals surface area contributed by atoms with E-state index in [-0.39, 0.29) is 0 Å². The Labute approximate surface area is 179 Å². The summed E-state index contributed by atoms with van der Waals surface area (Å²) in [6.45, 7) is 3.85. The summed E-state index contributed by atoms with van der Waals surface area (Å²) in [6.07, 6.45) is 6.67. The Bertz CT molecular complexity index is 1170. The van der Waals surface area contributed by atoms with Gasteiger partial charge in [-0.3, -0.25) is 4.98 Å². The third-order valence-electron chi connectivity index (χ3n) is 6.17. The number of benzene rings is 1. The molecule has 5 heterocycles. The van der Waals surface area contributed by atoms with Gasteiger partial charge in [0.2, 0.25) is 0 Å². The number of hydrogen-bond acceptors (Lipinski definition) is 7. The van der Waals surface area contributed by atoms with Gasteiger partial charge in [0, 0.05) is 67.4 Å². The summed E-state index contributed by atoms with van der Waals surface area (Å²) in [5.74, 6) is 2.98. The minimum atomic E-state index is 0.390. The normalized spacial score (nSPS) is 19.4. The lowest BCUT2D eigenvalue weighted by Gasteiger charge is -2.40. The zero-order valence-corrected chi connectivity index (χ0v) is 17.4. The Hall–Kier alpha value is -3.06. The molecule has 6 rings (SSSR count). The second-order valence-corrected chi connectivity index (χ2v) is 8.96. The molecule has 30 heavy (non-hydrogen) atoms. The first-order valence-corrected chi connectivity index (χ1v) is 11.3. The first kappa shape index (κ1) is 17.8. The van der Waals surface area contributed by atoms with Crippen LogP contribution in [0.5, 0.6) is 0 Å². The highest BCUT2D eigenvalue weighted by molar-refractivity contribution is 7.09. The predicted octanol–water partition coefficient (Wildman–Crippen LogP) is 4.08. The number of rotatable bonds is 4. The van der Waals surface area contributed by atoms with E-state index in [0.29, 0.717) is 11.8 Å². The zero-order valence-electron chi connectivity index (χ0n) is 16.6. The SMILES string of the molecule is c1ccc2nc(N3CC(c4nccnc4N4CC[C@H](c5nccs5)C4)C3)ccc2c1. The number of hydrogen-bond donors (Lipinski definition) is 0. The number of thiazole rings is 1. The van der Waals surface area contributed by atoms with Gasteiger partial charge in [0.25, 0.3) is 0 Å². The van der Waals surface area contributed by atoms with Crippen LogP contribution in [0.25, 0.3) is 10.9 Å². The number of nitrogens with zero attached hydrogens (tertiary/aromatic N) is 6. The van der Waals surface area contributed by atoms with Crippen molar-refractivity contribution < 1.29 is 0 Å². The van der Waals surface area contributed by atoms with Crippen molar-refractivity contribution in [3.05, 3.63) is 71.1 Å². The molecule has 0 saturated carbocycles. The summed E-state index contributed by atoms with van der Waals surface area (Å²) in [6, 6.07) is 12.5. The molecule has 1 aromatic carbocycles. The van der Waals surface area contributed by atoms with Gasteiger partial charge in [0.05, 0.1) is 16.2 Å². The lowest BCUT2D eigenvalue weighted by Crippen LogP contribution is -2.46. The zero-order chi connectivity index (χ0) is 19.9. The van der Waals surface area contributed by atoms with Gasteiger partial charge in [-0.2, -0.15) is 0 Å². The Morgan fingerprint density at radius 2 is 1.70 bits per heavy atom. The van der Waals surface area contributed by atoms with E-state index in [1.54, 1.807) is 11.3 Å². The van der Waals surface area contributed by atoms with Gasteiger partial charge in [0.15, 0.2) is 5.82 Å². The molecule has 0 bridgehead atoms. The average molecular weight is 415 g/mol. The molecule has 2 saturated heterocycles. The molecule has 3 aromatic heterocycles. The number of fused-ring (bicyclic) bond motifs is 1. The molecule has 150 valence electrons. The van der Waals surface area contributed by atoms with Crippen molar-refractivity contribution in [1.29, 1.82) is 0 Å². The van der Waals surface area contributed by atoms with Gasteiger partial charge >= 0.3 is 0 Å². The van der Waals surface area contributed by atoms with E-state index in [0.717, 1.165) is 55.4 Å². The quantitative estimate of drug-likeness (QED) is 0.502. The highest BCUT2D eigenvalue weighted by Crippen LogP contribution is 2.37. The Balaban J connectivity index is 1.19. The molecule has 0 aliphatic carbocycles. The molecule has 0 unspecified atom stereocenters. The van der Waals surface area contributed by atoms with Crippen LogP contribution in [-0.4, -0.2) is 46.1 Å². The minimum absolute atomic E-state index is 0.390. The van der Waals surface area contributed by atoms with E-state index in [1.807, 2.05) is 24.7 Å². The summed E-state index contributed by atoms with van der Waals surface area (Å²) in [7, 11) is 0. The maximum Gasteiger partial charge on any atom is 0.150 e. The van der Waals surface area contributed by atoms with Crippen molar-refractivity contribution in [3.8, 4) is 0 Å². The molecule has 6 nitrogen and oxygen atoms in total. The smallest absolute Gasteiger partial charge is 0.150 e. The fourth-order valence-electron chi connectivity index (χ4n) is 4.53. The topological polar surface area (TPSA) is 58.0 Å². The first-order chi connectivity index (χ1) is 14.8. The summed E-state index contributed by atoms with van der Waals surface area (Å²) < 4.78 is 0. The van der Waals surface area contributed by atoms with E-state index in [4.69, 9.17) is 15.0 Å². The second kappa shape index (κ2) is 7.32. The van der Waals surface area contributed by atoms with Crippen LogP contribution in [0.1, 0.15) is 29.0 Å². The lowest BCUT2D eigenvalue weighted by molar-refractivity contribution is 0.507. The monoisotopic (exact) mass is 414 g/mol. The van der Waals surface area contributed by atoms with Crippen molar-refractivity contribution in [3.63, 3.8) is 0 Å². The molecule has 2 fully saturated rings. The summed E-state index contributed by atoms with van der Waals surface area (Å²) in [5.41, 5.74) is 2.17. The van der Waals surface area contributed by atoms with Crippen LogP contribution < -0.4 is 9.80 Å². The molecule has 0 spiro atoms. The van der Waals surface area contributed by atoms with E-state index >= 15 is 0 Å². The van der Waals surface area contributed by atoms with E-state index < -0.39 is 0 Å². The number of para-hydroxylation sites is 1. The van der Waals surface area contributed by atoms with Crippen molar-refractivity contribution >= 4 is 33.9 Å². The van der Waals surface area contributed by atoms with Gasteiger partial charge in [0.1, 0.15) is 5.82 Å². The maximum atomic E-state index is 4.84. The third-order valence-corrected chi connectivity index (χ3v) is 7.11. The number of pyridine rings is 1. The highest BCUT2D eigenvalue weighted by Gasteiger charge is 2.35.